The van der Waals surface area contributed by atoms with E-state index < -0.39 is 273 Å². The Hall–Kier alpha value is -2.42. The van der Waals surface area contributed by atoms with Gasteiger partial charge in [-0.25, -0.2) is 0 Å². The SMILES string of the molecule is CC(=O)N[C@@H]1[C@@H](O)[C@H](O[C@@H]2O[C@H](CO)[C@@H](O[C@@H]3O[C@H](CO[C@H]4O[C@H](CO)[C@@H](O)[C@H](O)[C@@H]4O)[C@@H](O)[C@H](O[C@H]4O[C@H](CO[C@H]5O[C@H](CO)[C@@H](O)[C@H](O[C@H]6O[C@H](CO)[C@@H](O)[C@H](O)[C@@H]6O)[C@@H]5O)[C@@H](O)[C@H](O)[C@@H]4O)[C@@H]3O)[C@H](O)[C@H]2NC(C)=O)[C@@H](CO)O[C@H]1O. The molecule has 7 saturated heterocycles. The smallest absolute Gasteiger partial charge is 0.217 e. The number of nitrogens with one attached hydrogen (secondary N) is 2. The molecule has 0 aromatic heterocycles. The fourth-order valence-corrected chi connectivity index (χ4v) is 10.6. The van der Waals surface area contributed by atoms with Gasteiger partial charge in [0.25, 0.3) is 0 Å². The van der Waals surface area contributed by atoms with Crippen LogP contribution in [-0.2, 0) is 71.2 Å². The number of carbonyl (C=O) groups is 2. The molecule has 38 heteroatoms. The largest absolute Gasteiger partial charge is 0.394 e. The van der Waals surface area contributed by atoms with Crippen molar-refractivity contribution in [2.45, 2.75) is 229 Å². The molecule has 7 rings (SSSR count). The Morgan fingerprint density at radius 3 is 1.07 bits per heavy atom. The molecule has 7 fully saturated rings. The van der Waals surface area contributed by atoms with Crippen molar-refractivity contribution >= 4 is 11.8 Å². The molecule has 0 aromatic rings. The Morgan fingerprint density at radius 1 is 0.310 bits per heavy atom. The first-order chi connectivity index (χ1) is 39.7. The molecule has 0 aromatic carbocycles. The van der Waals surface area contributed by atoms with Crippen molar-refractivity contribution in [3.8, 4) is 0 Å². The highest BCUT2D eigenvalue weighted by molar-refractivity contribution is 5.73. The number of carbonyl (C=O) groups excluding carboxylic acids is 2. The molecule has 84 heavy (non-hydrogen) atoms. The van der Waals surface area contributed by atoms with Crippen LogP contribution in [0.5, 0.6) is 0 Å². The lowest BCUT2D eigenvalue weighted by atomic mass is 9.94. The molecule has 0 spiro atoms. The zero-order valence-corrected chi connectivity index (χ0v) is 44.7. The lowest BCUT2D eigenvalue weighted by Crippen LogP contribution is -2.70. The molecule has 0 radical (unpaired) electrons. The normalized spacial score (nSPS) is 50.3. The quantitative estimate of drug-likeness (QED) is 0.0507. The van der Waals surface area contributed by atoms with Gasteiger partial charge >= 0.3 is 0 Å². The van der Waals surface area contributed by atoms with Gasteiger partial charge in [-0.2, -0.15) is 0 Å². The summed E-state index contributed by atoms with van der Waals surface area (Å²) in [4.78, 5) is 24.6. The maximum atomic E-state index is 12.6. The van der Waals surface area contributed by atoms with Gasteiger partial charge in [0.1, 0.15) is 171 Å². The first kappa shape index (κ1) is 69.1. The van der Waals surface area contributed by atoms with Gasteiger partial charge in [-0.15, -0.1) is 0 Å². The van der Waals surface area contributed by atoms with Gasteiger partial charge in [0, 0.05) is 13.8 Å². The summed E-state index contributed by atoms with van der Waals surface area (Å²) in [7, 11) is 0. The first-order valence-corrected chi connectivity index (χ1v) is 26.6. The van der Waals surface area contributed by atoms with Crippen molar-refractivity contribution in [2.75, 3.05) is 46.2 Å². The van der Waals surface area contributed by atoms with E-state index in [0.29, 0.717) is 0 Å². The van der Waals surface area contributed by atoms with Gasteiger partial charge in [-0.05, 0) is 0 Å². The number of amides is 2. The van der Waals surface area contributed by atoms with E-state index in [1.807, 2.05) is 0 Å². The fourth-order valence-electron chi connectivity index (χ4n) is 10.6. The molecule has 38 nitrogen and oxygen atoms in total. The van der Waals surface area contributed by atoms with Crippen molar-refractivity contribution in [3.63, 3.8) is 0 Å². The molecule has 7 aliphatic rings. The van der Waals surface area contributed by atoms with Crippen LogP contribution in [0.3, 0.4) is 0 Å². The average molecular weight is 1240 g/mol. The highest BCUT2D eigenvalue weighted by Crippen LogP contribution is 2.37. The van der Waals surface area contributed by atoms with E-state index in [4.69, 9.17) is 61.6 Å². The fraction of sp³-hybridized carbons (Fsp3) is 0.957. The molecule has 488 valence electrons. The highest BCUT2D eigenvalue weighted by Gasteiger charge is 2.58. The van der Waals surface area contributed by atoms with Crippen molar-refractivity contribution in [3.05, 3.63) is 0 Å². The summed E-state index contributed by atoms with van der Waals surface area (Å²) < 4.78 is 73.8. The summed E-state index contributed by atoms with van der Waals surface area (Å²) in [6.45, 7) is -4.63. The lowest BCUT2D eigenvalue weighted by Gasteiger charge is -2.50. The van der Waals surface area contributed by atoms with Gasteiger partial charge < -0.3 is 179 Å². The summed E-state index contributed by atoms with van der Waals surface area (Å²) in [6.07, 6.45) is -64.4. The van der Waals surface area contributed by atoms with Crippen LogP contribution in [-0.4, -0.2) is 380 Å². The van der Waals surface area contributed by atoms with Crippen molar-refractivity contribution in [1.82, 2.24) is 10.6 Å². The third-order valence-electron chi connectivity index (χ3n) is 15.3. The predicted octanol–water partition coefficient (Wildman–Crippen LogP) is -16.0. The number of aliphatic hydroxyl groups is 21. The minimum absolute atomic E-state index is 0.734. The predicted molar refractivity (Wildman–Crippen MR) is 255 cm³/mol. The summed E-state index contributed by atoms with van der Waals surface area (Å²) in [6, 6.07) is -3.35. The second kappa shape index (κ2) is 29.9. The third-order valence-corrected chi connectivity index (χ3v) is 15.3. The van der Waals surface area contributed by atoms with Crippen LogP contribution >= 0.6 is 0 Å². The van der Waals surface area contributed by atoms with Crippen molar-refractivity contribution < 1.29 is 178 Å². The highest BCUT2D eigenvalue weighted by atomic mass is 16.8. The van der Waals surface area contributed by atoms with Crippen LogP contribution in [0.2, 0.25) is 0 Å². The summed E-state index contributed by atoms with van der Waals surface area (Å²) in [5.74, 6) is -1.59. The van der Waals surface area contributed by atoms with Crippen LogP contribution in [0.15, 0.2) is 0 Å². The molecular weight excluding hydrogens is 1160 g/mol. The Balaban J connectivity index is 1.12. The number of hydrogen-bond acceptors (Lipinski definition) is 36. The molecule has 2 amide bonds. The van der Waals surface area contributed by atoms with E-state index in [1.165, 1.54) is 0 Å². The minimum Gasteiger partial charge on any atom is -0.394 e. The second-order valence-electron chi connectivity index (χ2n) is 21.1. The molecule has 23 N–H and O–H groups in total. The number of rotatable bonds is 21. The Morgan fingerprint density at radius 2 is 0.607 bits per heavy atom. The van der Waals surface area contributed by atoms with E-state index in [9.17, 15) is 117 Å². The Labute approximate surface area is 475 Å². The second-order valence-corrected chi connectivity index (χ2v) is 21.1. The van der Waals surface area contributed by atoms with E-state index in [1.54, 1.807) is 0 Å². The van der Waals surface area contributed by atoms with Crippen molar-refractivity contribution in [2.24, 2.45) is 0 Å². The zero-order chi connectivity index (χ0) is 61.9. The van der Waals surface area contributed by atoms with Gasteiger partial charge in [-0.1, -0.05) is 0 Å². The Kier molecular flexibility index (Phi) is 24.6. The summed E-state index contributed by atoms with van der Waals surface area (Å²) in [5.41, 5.74) is 0. The van der Waals surface area contributed by atoms with Gasteiger partial charge in [0.15, 0.2) is 44.0 Å². The van der Waals surface area contributed by atoms with Crippen LogP contribution in [0.1, 0.15) is 13.8 Å². The average Bonchev–Trinajstić information content (AvgIpc) is 3.61. The lowest BCUT2D eigenvalue weighted by molar-refractivity contribution is -0.387. The first-order valence-electron chi connectivity index (χ1n) is 26.6. The van der Waals surface area contributed by atoms with Crippen LogP contribution < -0.4 is 10.6 Å². The van der Waals surface area contributed by atoms with E-state index >= 15 is 0 Å². The molecule has 0 unspecified atom stereocenters. The topological polar surface area (TPSA) is 603 Å². The maximum absolute atomic E-state index is 12.6. The standard InChI is InChI=1S/C46H78N2O36/c1-10(54)47-19-26(61)36(15(6-52)74-40(19)71)81-41-20(48-11(2)55)27(62)37(16(7-53)78-41)82-46-35(70)39(25(60)18(80-46)9-72-42-31(66)28(63)21(56)12(3-49)75-42)84-45-33(68)30(65)23(58)17(79-45)8-73-43-34(69)38(24(59)14(5-51)76-43)83-44-32(67)29(64)22(57)13(4-50)77-44/h12-46,49-53,56-71H,3-9H2,1-2H3,(H,47,54)(H,48,55)/t12-,13-,14-,15-,16-,17-,18-,19-,20-,21-,22-,23-,24-,25-,26-,27-,28+,29+,30+,31+,32+,33+,34+,35+,36-,37-,38+,39+,40-,41+,42+,43+,44-,45-,46+/m1/s1. The molecule has 7 heterocycles. The van der Waals surface area contributed by atoms with E-state index in [-0.39, 0.29) is 0 Å². The summed E-state index contributed by atoms with van der Waals surface area (Å²) in [5, 5.41) is 231. The van der Waals surface area contributed by atoms with Gasteiger partial charge in [0.2, 0.25) is 11.8 Å². The molecule has 7 aliphatic heterocycles. The van der Waals surface area contributed by atoms with Gasteiger partial charge in [0.05, 0.1) is 46.2 Å². The van der Waals surface area contributed by atoms with Crippen molar-refractivity contribution in [1.29, 1.82) is 0 Å². The molecule has 0 aliphatic carbocycles. The summed E-state index contributed by atoms with van der Waals surface area (Å²) >= 11 is 0. The van der Waals surface area contributed by atoms with Crippen LogP contribution in [0, 0.1) is 0 Å². The number of aliphatic hydroxyl groups excluding tert-OH is 21. The minimum atomic E-state index is -2.36. The van der Waals surface area contributed by atoms with Crippen LogP contribution in [0.25, 0.3) is 0 Å². The van der Waals surface area contributed by atoms with Gasteiger partial charge in [-0.3, -0.25) is 9.59 Å². The van der Waals surface area contributed by atoms with E-state index in [0.717, 1.165) is 13.8 Å². The molecule has 0 bridgehead atoms. The third kappa shape index (κ3) is 14.9. The molecule has 35 atom stereocenters. The van der Waals surface area contributed by atoms with Crippen LogP contribution in [0.4, 0.5) is 0 Å². The Bertz CT molecular complexity index is 2060. The maximum Gasteiger partial charge on any atom is 0.217 e. The number of hydrogen-bond donors (Lipinski definition) is 23. The molecule has 0 saturated carbocycles. The molecular formula is C46H78N2O36. The zero-order valence-electron chi connectivity index (χ0n) is 44.7. The monoisotopic (exact) mass is 1230 g/mol. The number of ether oxygens (including phenoxy) is 13. The van der Waals surface area contributed by atoms with E-state index in [2.05, 4.69) is 10.6 Å².